The largest absolute Gasteiger partial charge is 0.486 e. The molecule has 0 aliphatic rings. The summed E-state index contributed by atoms with van der Waals surface area (Å²) in [5, 5.41) is 9.58. The van der Waals surface area contributed by atoms with E-state index in [0.717, 1.165) is 11.1 Å². The van der Waals surface area contributed by atoms with E-state index in [2.05, 4.69) is 6.07 Å². The molecule has 0 atom stereocenters. The van der Waals surface area contributed by atoms with E-state index in [0.29, 0.717) is 33.7 Å². The molecular formula is C15H12Cl2N2O. The molecule has 0 amide bonds. The molecule has 0 saturated carbocycles. The number of rotatable bonds is 3. The minimum atomic E-state index is 0.320. The van der Waals surface area contributed by atoms with Crippen LogP contribution in [0.3, 0.4) is 0 Å². The van der Waals surface area contributed by atoms with Crippen LogP contribution < -0.4 is 10.5 Å². The first-order valence-electron chi connectivity index (χ1n) is 5.88. The molecule has 2 rings (SSSR count). The second-order valence-electron chi connectivity index (χ2n) is 4.36. The zero-order valence-electron chi connectivity index (χ0n) is 10.8. The van der Waals surface area contributed by atoms with Crippen molar-refractivity contribution in [3.8, 4) is 11.8 Å². The molecule has 2 N–H and O–H groups in total. The maximum atomic E-state index is 8.83. The van der Waals surface area contributed by atoms with E-state index >= 15 is 0 Å². The van der Waals surface area contributed by atoms with Crippen LogP contribution in [0.1, 0.15) is 16.7 Å². The van der Waals surface area contributed by atoms with Crippen LogP contribution in [0.15, 0.2) is 30.3 Å². The Morgan fingerprint density at radius 2 is 1.85 bits per heavy atom. The molecule has 0 radical (unpaired) electrons. The van der Waals surface area contributed by atoms with Crippen molar-refractivity contribution in [3.63, 3.8) is 0 Å². The van der Waals surface area contributed by atoms with E-state index < -0.39 is 0 Å². The second kappa shape index (κ2) is 6.04. The molecule has 0 saturated heterocycles. The summed E-state index contributed by atoms with van der Waals surface area (Å²) < 4.78 is 5.66. The Morgan fingerprint density at radius 1 is 1.20 bits per heavy atom. The highest BCUT2D eigenvalue weighted by atomic mass is 35.5. The summed E-state index contributed by atoms with van der Waals surface area (Å²) in [6.45, 7) is 2.24. The number of benzene rings is 2. The summed E-state index contributed by atoms with van der Waals surface area (Å²) in [4.78, 5) is 0. The Balaban J connectivity index is 2.20. The highest BCUT2D eigenvalue weighted by Crippen LogP contribution is 2.35. The molecule has 0 fully saturated rings. The van der Waals surface area contributed by atoms with Crippen molar-refractivity contribution in [3.05, 3.63) is 57.1 Å². The van der Waals surface area contributed by atoms with Crippen molar-refractivity contribution in [2.45, 2.75) is 13.5 Å². The van der Waals surface area contributed by atoms with Crippen molar-refractivity contribution >= 4 is 28.9 Å². The van der Waals surface area contributed by atoms with Gasteiger partial charge < -0.3 is 10.5 Å². The summed E-state index contributed by atoms with van der Waals surface area (Å²) in [5.74, 6) is 0.409. The van der Waals surface area contributed by atoms with Gasteiger partial charge in [0, 0.05) is 5.69 Å². The van der Waals surface area contributed by atoms with Crippen LogP contribution in [0.2, 0.25) is 10.0 Å². The summed E-state index contributed by atoms with van der Waals surface area (Å²) in [6.07, 6.45) is 0. The fourth-order valence-electron chi connectivity index (χ4n) is 1.79. The molecule has 20 heavy (non-hydrogen) atoms. The quantitative estimate of drug-likeness (QED) is 0.858. The highest BCUT2D eigenvalue weighted by molar-refractivity contribution is 6.37. The average molecular weight is 307 g/mol. The van der Waals surface area contributed by atoms with Gasteiger partial charge in [-0.2, -0.15) is 5.26 Å². The number of nitrogen functional groups attached to an aromatic ring is 1. The van der Waals surface area contributed by atoms with Gasteiger partial charge in [0.1, 0.15) is 6.61 Å². The van der Waals surface area contributed by atoms with Gasteiger partial charge in [-0.25, -0.2) is 0 Å². The summed E-state index contributed by atoms with van der Waals surface area (Å²) in [6, 6.07) is 10.7. The molecule has 0 spiro atoms. The predicted octanol–water partition coefficient (Wildman–Crippen LogP) is 4.33. The van der Waals surface area contributed by atoms with Gasteiger partial charge in [0.25, 0.3) is 0 Å². The Hall–Kier alpha value is -1.89. The number of aryl methyl sites for hydroxylation is 1. The predicted molar refractivity (Wildman–Crippen MR) is 81.1 cm³/mol. The second-order valence-corrected chi connectivity index (χ2v) is 5.17. The SMILES string of the molecule is Cc1cc(C#N)ccc1COc1c(Cl)cc(N)cc1Cl. The molecule has 2 aromatic rings. The van der Waals surface area contributed by atoms with E-state index in [1.807, 2.05) is 19.1 Å². The number of hydrogen-bond acceptors (Lipinski definition) is 3. The molecule has 5 heteroatoms. The average Bonchev–Trinajstić information content (AvgIpc) is 2.39. The van der Waals surface area contributed by atoms with Crippen LogP contribution in [0.25, 0.3) is 0 Å². The maximum Gasteiger partial charge on any atom is 0.157 e. The highest BCUT2D eigenvalue weighted by Gasteiger charge is 2.10. The zero-order valence-corrected chi connectivity index (χ0v) is 12.3. The normalized spacial score (nSPS) is 10.1. The molecule has 0 heterocycles. The first-order valence-corrected chi connectivity index (χ1v) is 6.64. The van der Waals surface area contributed by atoms with Crippen LogP contribution in [0.4, 0.5) is 5.69 Å². The number of nitriles is 1. The molecule has 0 unspecified atom stereocenters. The number of hydrogen-bond donors (Lipinski definition) is 1. The number of nitrogens with zero attached hydrogens (tertiary/aromatic N) is 1. The topological polar surface area (TPSA) is 59.0 Å². The first kappa shape index (κ1) is 14.5. The van der Waals surface area contributed by atoms with E-state index in [-0.39, 0.29) is 0 Å². The standard InChI is InChI=1S/C15H12Cl2N2O/c1-9-4-10(7-18)2-3-11(9)8-20-15-13(16)5-12(19)6-14(15)17/h2-6H,8,19H2,1H3. The van der Waals surface area contributed by atoms with Gasteiger partial charge in [-0.3, -0.25) is 0 Å². The fraction of sp³-hybridized carbons (Fsp3) is 0.133. The van der Waals surface area contributed by atoms with Crippen LogP contribution in [0.5, 0.6) is 5.75 Å². The number of ether oxygens (including phenoxy) is 1. The molecule has 2 aromatic carbocycles. The number of anilines is 1. The van der Waals surface area contributed by atoms with Gasteiger partial charge in [0.05, 0.1) is 21.7 Å². The van der Waals surface area contributed by atoms with Gasteiger partial charge in [0.15, 0.2) is 5.75 Å². The van der Waals surface area contributed by atoms with Crippen molar-refractivity contribution in [1.29, 1.82) is 5.26 Å². The Labute approximate surface area is 127 Å². The monoisotopic (exact) mass is 306 g/mol. The maximum absolute atomic E-state index is 8.83. The van der Waals surface area contributed by atoms with Gasteiger partial charge in [0.2, 0.25) is 0 Å². The fourth-order valence-corrected chi connectivity index (χ4v) is 2.41. The van der Waals surface area contributed by atoms with Gasteiger partial charge in [-0.05, 0) is 42.3 Å². The van der Waals surface area contributed by atoms with Crippen molar-refractivity contribution in [2.75, 3.05) is 5.73 Å². The third-order valence-electron chi connectivity index (χ3n) is 2.86. The molecule has 0 aliphatic carbocycles. The van der Waals surface area contributed by atoms with Crippen LogP contribution >= 0.6 is 23.2 Å². The van der Waals surface area contributed by atoms with E-state index in [1.54, 1.807) is 18.2 Å². The summed E-state index contributed by atoms with van der Waals surface area (Å²) >= 11 is 12.1. The third-order valence-corrected chi connectivity index (χ3v) is 3.43. The third kappa shape index (κ3) is 3.16. The van der Waals surface area contributed by atoms with Crippen LogP contribution in [-0.2, 0) is 6.61 Å². The lowest BCUT2D eigenvalue weighted by molar-refractivity contribution is 0.306. The minimum absolute atomic E-state index is 0.320. The molecule has 0 bridgehead atoms. The van der Waals surface area contributed by atoms with E-state index in [4.69, 9.17) is 38.9 Å². The minimum Gasteiger partial charge on any atom is -0.486 e. The first-order chi connectivity index (χ1) is 9.51. The van der Waals surface area contributed by atoms with Crippen molar-refractivity contribution < 1.29 is 4.74 Å². The number of halogens is 2. The Morgan fingerprint density at radius 3 is 2.40 bits per heavy atom. The van der Waals surface area contributed by atoms with Gasteiger partial charge in [-0.15, -0.1) is 0 Å². The van der Waals surface area contributed by atoms with Crippen molar-refractivity contribution in [1.82, 2.24) is 0 Å². The lowest BCUT2D eigenvalue weighted by atomic mass is 10.1. The van der Waals surface area contributed by atoms with Gasteiger partial charge >= 0.3 is 0 Å². The molecular weight excluding hydrogens is 295 g/mol. The smallest absolute Gasteiger partial charge is 0.157 e. The Kier molecular flexibility index (Phi) is 4.39. The lowest BCUT2D eigenvalue weighted by Gasteiger charge is -2.12. The molecule has 0 aromatic heterocycles. The zero-order chi connectivity index (χ0) is 14.7. The van der Waals surface area contributed by atoms with Crippen LogP contribution in [0, 0.1) is 18.3 Å². The summed E-state index contributed by atoms with van der Waals surface area (Å²) in [7, 11) is 0. The van der Waals surface area contributed by atoms with Crippen molar-refractivity contribution in [2.24, 2.45) is 0 Å². The van der Waals surface area contributed by atoms with E-state index in [1.165, 1.54) is 0 Å². The Bertz CT molecular complexity index is 670. The molecule has 102 valence electrons. The van der Waals surface area contributed by atoms with E-state index in [9.17, 15) is 0 Å². The molecule has 3 nitrogen and oxygen atoms in total. The lowest BCUT2D eigenvalue weighted by Crippen LogP contribution is -2.00. The van der Waals surface area contributed by atoms with Gasteiger partial charge in [-0.1, -0.05) is 29.3 Å². The summed E-state index contributed by atoms with van der Waals surface area (Å²) in [5.41, 5.74) is 8.69. The molecule has 0 aliphatic heterocycles. The van der Waals surface area contributed by atoms with Crippen LogP contribution in [-0.4, -0.2) is 0 Å². The number of nitrogens with two attached hydrogens (primary N) is 1.